The summed E-state index contributed by atoms with van der Waals surface area (Å²) in [6, 6.07) is 7.24. The Kier molecular flexibility index (Phi) is 11.8. The number of hydrogen-bond acceptors (Lipinski definition) is 3. The largest absolute Gasteiger partial charge is 0.330 e. The van der Waals surface area contributed by atoms with Gasteiger partial charge in [-0.25, -0.2) is 4.39 Å². The Balaban J connectivity index is 0.00000326. The summed E-state index contributed by atoms with van der Waals surface area (Å²) in [7, 11) is 0. The van der Waals surface area contributed by atoms with Crippen molar-refractivity contribution in [1.82, 2.24) is 5.32 Å². The van der Waals surface area contributed by atoms with Crippen LogP contribution in [0.15, 0.2) is 59.8 Å². The molecule has 0 radical (unpaired) electrons. The van der Waals surface area contributed by atoms with Crippen LogP contribution in [0.2, 0.25) is 0 Å². The highest BCUT2D eigenvalue weighted by Gasteiger charge is 2.22. The number of nitriles is 1. The van der Waals surface area contributed by atoms with E-state index in [1.165, 1.54) is 37.3 Å². The van der Waals surface area contributed by atoms with Crippen LogP contribution in [0.3, 0.4) is 0 Å². The first-order valence-corrected chi connectivity index (χ1v) is 8.91. The lowest BCUT2D eigenvalue weighted by atomic mass is 9.91. The summed E-state index contributed by atoms with van der Waals surface area (Å²) < 4.78 is 13.1. The summed E-state index contributed by atoms with van der Waals surface area (Å²) in [5.41, 5.74) is 1.20. The number of ketones is 1. The average Bonchev–Trinajstić information content (AvgIpc) is 2.64. The van der Waals surface area contributed by atoms with E-state index in [9.17, 15) is 19.2 Å². The first-order valence-electron chi connectivity index (χ1n) is 8.91. The molecule has 0 aliphatic rings. The van der Waals surface area contributed by atoms with Gasteiger partial charge in [-0.15, -0.1) is 0 Å². The smallest absolute Gasteiger partial charge is 0.220 e. The summed E-state index contributed by atoms with van der Waals surface area (Å²) >= 11 is 0. The molecule has 0 spiro atoms. The Bertz CT molecular complexity index is 754. The Hall–Kier alpha value is -3.00. The van der Waals surface area contributed by atoms with Crippen molar-refractivity contribution in [2.75, 3.05) is 0 Å². The monoisotopic (exact) mass is 370 g/mol. The maximum Gasteiger partial charge on any atom is 0.220 e. The maximum atomic E-state index is 13.1. The van der Waals surface area contributed by atoms with Gasteiger partial charge in [0.15, 0.2) is 5.78 Å². The minimum absolute atomic E-state index is 0.250. The van der Waals surface area contributed by atoms with E-state index in [-0.39, 0.29) is 11.5 Å². The molecule has 4 nitrogen and oxygen atoms in total. The zero-order valence-corrected chi connectivity index (χ0v) is 16.5. The van der Waals surface area contributed by atoms with Crippen LogP contribution in [0, 0.1) is 17.1 Å². The quantitative estimate of drug-likeness (QED) is 0.545. The normalized spacial score (nSPS) is 12.6. The Labute approximate surface area is 161 Å². The molecule has 1 rings (SSSR count). The zero-order chi connectivity index (χ0) is 20.8. The third-order valence-electron chi connectivity index (χ3n) is 3.27. The lowest BCUT2D eigenvalue weighted by molar-refractivity contribution is -0.118. The fourth-order valence-electron chi connectivity index (χ4n) is 2.16. The van der Waals surface area contributed by atoms with Crippen LogP contribution >= 0.6 is 0 Å². The van der Waals surface area contributed by atoms with E-state index in [0.717, 1.165) is 6.42 Å². The van der Waals surface area contributed by atoms with E-state index >= 15 is 0 Å². The molecule has 144 valence electrons. The SMILES string of the molecule is CC.CC/C=C/C=C(\C=C(/C)NC(C)=O)C(=O)C(C#N)c1ccc(F)cc1. The molecule has 1 aromatic rings. The molecule has 5 heteroatoms. The van der Waals surface area contributed by atoms with Crippen LogP contribution in [0.1, 0.15) is 52.5 Å². The molecule has 1 atom stereocenters. The molecule has 0 aliphatic carbocycles. The van der Waals surface area contributed by atoms with Gasteiger partial charge < -0.3 is 5.32 Å². The van der Waals surface area contributed by atoms with E-state index in [4.69, 9.17) is 0 Å². The fraction of sp³-hybridized carbons (Fsp3) is 0.318. The zero-order valence-electron chi connectivity index (χ0n) is 16.5. The molecule has 0 bridgehead atoms. The summed E-state index contributed by atoms with van der Waals surface area (Å²) in [6.45, 7) is 8.99. The number of carbonyl (C=O) groups is 2. The van der Waals surface area contributed by atoms with Crippen LogP contribution in [0.25, 0.3) is 0 Å². The number of halogens is 1. The minimum Gasteiger partial charge on any atom is -0.330 e. The van der Waals surface area contributed by atoms with E-state index in [0.29, 0.717) is 11.3 Å². The van der Waals surface area contributed by atoms with E-state index < -0.39 is 17.5 Å². The van der Waals surface area contributed by atoms with Crippen LogP contribution < -0.4 is 5.32 Å². The van der Waals surface area contributed by atoms with Crippen LogP contribution in [-0.2, 0) is 9.59 Å². The predicted octanol–water partition coefficient (Wildman–Crippen LogP) is 4.96. The first kappa shape index (κ1) is 24.0. The van der Waals surface area contributed by atoms with Gasteiger partial charge in [0.05, 0.1) is 6.07 Å². The number of nitrogens with zero attached hydrogens (tertiary/aromatic N) is 1. The first-order chi connectivity index (χ1) is 12.9. The van der Waals surface area contributed by atoms with Crippen LogP contribution in [0.4, 0.5) is 4.39 Å². The topological polar surface area (TPSA) is 70.0 Å². The summed E-state index contributed by atoms with van der Waals surface area (Å²) in [6.07, 6.45) is 7.52. The molecule has 27 heavy (non-hydrogen) atoms. The van der Waals surface area contributed by atoms with Crippen molar-refractivity contribution < 1.29 is 14.0 Å². The van der Waals surface area contributed by atoms with Crippen molar-refractivity contribution in [3.63, 3.8) is 0 Å². The number of hydrogen-bond donors (Lipinski definition) is 1. The number of nitrogens with one attached hydrogen (secondary N) is 1. The lowest BCUT2D eigenvalue weighted by Gasteiger charge is -2.10. The standard InChI is InChI=1S/C20H21FN2O2.C2H6/c1-4-5-6-7-17(12-14(2)23-15(3)24)20(25)19(13-22)16-8-10-18(21)11-9-16;1-2/h5-12,19H,4H2,1-3H3,(H,23,24);1-2H3/b6-5+,14-12+,17-7+;. The van der Waals surface area contributed by atoms with E-state index in [2.05, 4.69) is 5.32 Å². The van der Waals surface area contributed by atoms with Gasteiger partial charge in [-0.2, -0.15) is 5.26 Å². The summed E-state index contributed by atoms with van der Waals surface area (Å²) in [5, 5.41) is 12.0. The average molecular weight is 370 g/mol. The number of carbonyl (C=O) groups excluding carboxylic acids is 2. The van der Waals surface area contributed by atoms with Gasteiger partial charge in [-0.1, -0.05) is 51.1 Å². The van der Waals surface area contributed by atoms with Crippen molar-refractivity contribution in [2.45, 2.75) is 47.0 Å². The fourth-order valence-corrected chi connectivity index (χ4v) is 2.16. The van der Waals surface area contributed by atoms with Gasteiger partial charge in [0.1, 0.15) is 11.7 Å². The number of benzene rings is 1. The molecule has 0 aromatic heterocycles. The predicted molar refractivity (Wildman–Crippen MR) is 106 cm³/mol. The maximum absolute atomic E-state index is 13.1. The third-order valence-corrected chi connectivity index (χ3v) is 3.27. The van der Waals surface area contributed by atoms with Crippen molar-refractivity contribution in [1.29, 1.82) is 5.26 Å². The van der Waals surface area contributed by atoms with Crippen molar-refractivity contribution >= 4 is 11.7 Å². The molecule has 0 aliphatic heterocycles. The number of rotatable bonds is 7. The van der Waals surface area contributed by atoms with Gasteiger partial charge in [0.2, 0.25) is 5.91 Å². The molecule has 0 heterocycles. The number of amides is 1. The molecular weight excluding hydrogens is 343 g/mol. The summed E-state index contributed by atoms with van der Waals surface area (Å²) in [5.74, 6) is -2.15. The molecule has 0 saturated heterocycles. The molecule has 0 saturated carbocycles. The third kappa shape index (κ3) is 8.77. The number of allylic oxidation sites excluding steroid dienone is 6. The van der Waals surface area contributed by atoms with Gasteiger partial charge in [0, 0.05) is 18.2 Å². The van der Waals surface area contributed by atoms with E-state index in [1.54, 1.807) is 19.1 Å². The highest BCUT2D eigenvalue weighted by molar-refractivity contribution is 6.04. The second kappa shape index (κ2) is 13.2. The second-order valence-electron chi connectivity index (χ2n) is 5.44. The molecule has 1 N–H and O–H groups in total. The highest BCUT2D eigenvalue weighted by atomic mass is 19.1. The Morgan fingerprint density at radius 3 is 2.30 bits per heavy atom. The van der Waals surface area contributed by atoms with Crippen molar-refractivity contribution in [2.24, 2.45) is 0 Å². The molecule has 1 unspecified atom stereocenters. The molecule has 1 aromatic carbocycles. The van der Waals surface area contributed by atoms with Crippen LogP contribution in [-0.4, -0.2) is 11.7 Å². The molecule has 1 amide bonds. The highest BCUT2D eigenvalue weighted by Crippen LogP contribution is 2.21. The molecular formula is C22H27FN2O2. The van der Waals surface area contributed by atoms with Gasteiger partial charge in [-0.05, 0) is 37.1 Å². The van der Waals surface area contributed by atoms with Crippen LogP contribution in [0.5, 0.6) is 0 Å². The minimum atomic E-state index is -1.05. The van der Waals surface area contributed by atoms with Gasteiger partial charge in [-0.3, -0.25) is 9.59 Å². The lowest BCUT2D eigenvalue weighted by Crippen LogP contribution is -2.19. The molecule has 0 fully saturated rings. The van der Waals surface area contributed by atoms with Crippen molar-refractivity contribution in [3.05, 3.63) is 71.2 Å². The van der Waals surface area contributed by atoms with Gasteiger partial charge >= 0.3 is 0 Å². The Morgan fingerprint density at radius 2 is 1.81 bits per heavy atom. The second-order valence-corrected chi connectivity index (χ2v) is 5.44. The summed E-state index contributed by atoms with van der Waals surface area (Å²) in [4.78, 5) is 24.0. The number of Topliss-reactive ketones (excluding diaryl/α,β-unsaturated/α-hetero) is 1. The van der Waals surface area contributed by atoms with E-state index in [1.807, 2.05) is 32.9 Å². The van der Waals surface area contributed by atoms with Crippen molar-refractivity contribution in [3.8, 4) is 6.07 Å². The Morgan fingerprint density at radius 1 is 1.22 bits per heavy atom. The van der Waals surface area contributed by atoms with Gasteiger partial charge in [0.25, 0.3) is 0 Å².